The van der Waals surface area contributed by atoms with E-state index in [-0.39, 0.29) is 0 Å². The molecule has 0 radical (unpaired) electrons. The van der Waals surface area contributed by atoms with Gasteiger partial charge in [0.25, 0.3) is 0 Å². The fraction of sp³-hybridized carbons (Fsp3) is 0.333. The van der Waals surface area contributed by atoms with Crippen molar-refractivity contribution < 1.29 is 4.74 Å². The number of nitrogens with one attached hydrogen (secondary N) is 1. The van der Waals surface area contributed by atoms with E-state index in [1.54, 1.807) is 11.3 Å². The van der Waals surface area contributed by atoms with Gasteiger partial charge in [-0.3, -0.25) is 0 Å². The van der Waals surface area contributed by atoms with Gasteiger partial charge in [-0.05, 0) is 49.2 Å². The number of hydrogen-bond acceptors (Lipinski definition) is 3. The Morgan fingerprint density at radius 3 is 2.67 bits per heavy atom. The second-order valence-electron chi connectivity index (χ2n) is 4.21. The molecule has 0 aliphatic heterocycles. The third-order valence-corrected chi connectivity index (χ3v) is 3.60. The minimum Gasteiger partial charge on any atom is -0.494 e. The summed E-state index contributed by atoms with van der Waals surface area (Å²) in [5.74, 6) is 0.959. The highest BCUT2D eigenvalue weighted by atomic mass is 32.1. The summed E-state index contributed by atoms with van der Waals surface area (Å²) in [5, 5.41) is 5.23. The second kappa shape index (κ2) is 7.19. The van der Waals surface area contributed by atoms with Gasteiger partial charge in [-0.2, -0.15) is 0 Å². The molecule has 3 heteroatoms. The Hall–Kier alpha value is -1.32. The molecule has 0 atom stereocenters. The summed E-state index contributed by atoms with van der Waals surface area (Å²) < 4.78 is 5.66. The molecule has 0 aliphatic carbocycles. The predicted octanol–water partition coefficient (Wildman–Crippen LogP) is 3.33. The molecular weight excluding hydrogens is 242 g/mol. The van der Waals surface area contributed by atoms with E-state index in [2.05, 4.69) is 47.1 Å². The zero-order chi connectivity index (χ0) is 12.6. The van der Waals surface area contributed by atoms with E-state index < -0.39 is 0 Å². The molecule has 0 spiro atoms. The van der Waals surface area contributed by atoms with Crippen molar-refractivity contribution in [2.75, 3.05) is 20.2 Å². The van der Waals surface area contributed by atoms with Crippen LogP contribution in [0.3, 0.4) is 0 Å². The number of rotatable bonds is 7. The van der Waals surface area contributed by atoms with Gasteiger partial charge in [0, 0.05) is 11.3 Å². The molecule has 1 aromatic carbocycles. The van der Waals surface area contributed by atoms with E-state index in [1.807, 2.05) is 7.05 Å². The van der Waals surface area contributed by atoms with Crippen LogP contribution in [-0.4, -0.2) is 20.2 Å². The summed E-state index contributed by atoms with van der Waals surface area (Å²) in [4.78, 5) is 1.40. The Morgan fingerprint density at radius 2 is 2.00 bits per heavy atom. The van der Waals surface area contributed by atoms with Crippen molar-refractivity contribution in [3.8, 4) is 5.75 Å². The molecule has 2 rings (SSSR count). The molecule has 1 aromatic heterocycles. The fourth-order valence-electron chi connectivity index (χ4n) is 1.76. The minimum atomic E-state index is 0.769. The second-order valence-corrected chi connectivity index (χ2v) is 5.24. The van der Waals surface area contributed by atoms with Crippen LogP contribution in [0, 0.1) is 0 Å². The van der Waals surface area contributed by atoms with Crippen molar-refractivity contribution in [2.24, 2.45) is 0 Å². The Labute approximate surface area is 113 Å². The summed E-state index contributed by atoms with van der Waals surface area (Å²) in [6, 6.07) is 12.7. The van der Waals surface area contributed by atoms with E-state index in [4.69, 9.17) is 4.74 Å². The molecule has 1 heterocycles. The highest BCUT2D eigenvalue weighted by Crippen LogP contribution is 2.18. The summed E-state index contributed by atoms with van der Waals surface area (Å²) in [6.07, 6.45) is 2.05. The van der Waals surface area contributed by atoms with Crippen molar-refractivity contribution >= 4 is 11.3 Å². The highest BCUT2D eigenvalue weighted by Gasteiger charge is 1.98. The van der Waals surface area contributed by atoms with Crippen molar-refractivity contribution in [1.82, 2.24) is 5.32 Å². The topological polar surface area (TPSA) is 21.3 Å². The molecule has 0 fully saturated rings. The van der Waals surface area contributed by atoms with Gasteiger partial charge in [0.2, 0.25) is 0 Å². The SMILES string of the molecule is CNCCCOc1ccc(Cc2cccs2)cc1. The Balaban J connectivity index is 1.82. The molecule has 0 saturated carbocycles. The monoisotopic (exact) mass is 261 g/mol. The van der Waals surface area contributed by atoms with E-state index in [0.717, 1.165) is 31.7 Å². The molecule has 1 N–H and O–H groups in total. The Bertz CT molecular complexity index is 436. The average molecular weight is 261 g/mol. The zero-order valence-electron chi connectivity index (χ0n) is 10.7. The zero-order valence-corrected chi connectivity index (χ0v) is 11.5. The Kier molecular flexibility index (Phi) is 5.24. The van der Waals surface area contributed by atoms with E-state index in [9.17, 15) is 0 Å². The van der Waals surface area contributed by atoms with Crippen LogP contribution < -0.4 is 10.1 Å². The predicted molar refractivity (Wildman–Crippen MR) is 77.6 cm³/mol. The number of hydrogen-bond donors (Lipinski definition) is 1. The number of thiophene rings is 1. The lowest BCUT2D eigenvalue weighted by Gasteiger charge is -2.06. The molecule has 96 valence electrons. The number of benzene rings is 1. The van der Waals surface area contributed by atoms with Gasteiger partial charge in [0.1, 0.15) is 5.75 Å². The van der Waals surface area contributed by atoms with Crippen molar-refractivity contribution in [3.63, 3.8) is 0 Å². The summed E-state index contributed by atoms with van der Waals surface area (Å²) in [7, 11) is 1.96. The maximum absolute atomic E-state index is 5.66. The molecule has 0 bridgehead atoms. The number of ether oxygens (including phenoxy) is 1. The lowest BCUT2D eigenvalue weighted by molar-refractivity contribution is 0.310. The minimum absolute atomic E-state index is 0.769. The molecule has 0 unspecified atom stereocenters. The molecular formula is C15H19NOS. The first-order chi connectivity index (χ1) is 8.88. The van der Waals surface area contributed by atoms with Crippen LogP contribution in [0.1, 0.15) is 16.9 Å². The maximum Gasteiger partial charge on any atom is 0.119 e. The van der Waals surface area contributed by atoms with Gasteiger partial charge in [0.05, 0.1) is 6.61 Å². The molecule has 0 saturated heterocycles. The summed E-state index contributed by atoms with van der Waals surface area (Å²) in [5.41, 5.74) is 1.33. The smallest absolute Gasteiger partial charge is 0.119 e. The normalized spacial score (nSPS) is 10.5. The third kappa shape index (κ3) is 4.17. The summed E-state index contributed by atoms with van der Waals surface area (Å²) in [6.45, 7) is 1.77. The first kappa shape index (κ1) is 13.1. The first-order valence-electron chi connectivity index (χ1n) is 6.27. The molecule has 2 nitrogen and oxygen atoms in total. The van der Waals surface area contributed by atoms with E-state index in [0.29, 0.717) is 0 Å². The van der Waals surface area contributed by atoms with Crippen LogP contribution in [0.5, 0.6) is 5.75 Å². The highest BCUT2D eigenvalue weighted by molar-refractivity contribution is 7.09. The van der Waals surface area contributed by atoms with Gasteiger partial charge in [-0.15, -0.1) is 11.3 Å². The van der Waals surface area contributed by atoms with Crippen LogP contribution in [0.2, 0.25) is 0 Å². The fourth-order valence-corrected chi connectivity index (χ4v) is 2.50. The first-order valence-corrected chi connectivity index (χ1v) is 7.15. The van der Waals surface area contributed by atoms with E-state index >= 15 is 0 Å². The van der Waals surface area contributed by atoms with Gasteiger partial charge >= 0.3 is 0 Å². The maximum atomic E-state index is 5.66. The quantitative estimate of drug-likeness (QED) is 0.772. The van der Waals surface area contributed by atoms with Crippen molar-refractivity contribution in [3.05, 3.63) is 52.2 Å². The Morgan fingerprint density at radius 1 is 1.17 bits per heavy atom. The van der Waals surface area contributed by atoms with Crippen LogP contribution in [0.4, 0.5) is 0 Å². The third-order valence-electron chi connectivity index (χ3n) is 2.72. The average Bonchev–Trinajstić information content (AvgIpc) is 2.89. The standard InChI is InChI=1S/C15H19NOS/c1-16-9-3-10-17-14-7-5-13(6-8-14)12-15-4-2-11-18-15/h2,4-8,11,16H,3,9-10,12H2,1H3. The van der Waals surface area contributed by atoms with Crippen LogP contribution in [0.15, 0.2) is 41.8 Å². The van der Waals surface area contributed by atoms with Gasteiger partial charge in [-0.25, -0.2) is 0 Å². The molecule has 0 amide bonds. The van der Waals surface area contributed by atoms with Gasteiger partial charge in [-0.1, -0.05) is 18.2 Å². The van der Waals surface area contributed by atoms with Crippen LogP contribution in [0.25, 0.3) is 0 Å². The van der Waals surface area contributed by atoms with Crippen LogP contribution in [-0.2, 0) is 6.42 Å². The van der Waals surface area contributed by atoms with Gasteiger partial charge in [0.15, 0.2) is 0 Å². The van der Waals surface area contributed by atoms with Gasteiger partial charge < -0.3 is 10.1 Å². The summed E-state index contributed by atoms with van der Waals surface area (Å²) >= 11 is 1.80. The van der Waals surface area contributed by atoms with Crippen molar-refractivity contribution in [2.45, 2.75) is 12.8 Å². The molecule has 18 heavy (non-hydrogen) atoms. The molecule has 2 aromatic rings. The molecule has 0 aliphatic rings. The largest absolute Gasteiger partial charge is 0.494 e. The van der Waals surface area contributed by atoms with Crippen molar-refractivity contribution in [1.29, 1.82) is 0 Å². The lowest BCUT2D eigenvalue weighted by atomic mass is 10.1. The lowest BCUT2D eigenvalue weighted by Crippen LogP contribution is -2.11. The van der Waals surface area contributed by atoms with Crippen LogP contribution >= 0.6 is 11.3 Å². The van der Waals surface area contributed by atoms with E-state index in [1.165, 1.54) is 10.4 Å².